The van der Waals surface area contributed by atoms with Crippen LogP contribution in [-0.4, -0.2) is 42.0 Å². The molecule has 6 nitrogen and oxygen atoms in total. The molecule has 1 unspecified atom stereocenters. The van der Waals surface area contributed by atoms with Crippen molar-refractivity contribution in [2.45, 2.75) is 58.7 Å². The van der Waals surface area contributed by atoms with Gasteiger partial charge < -0.3 is 15.1 Å². The summed E-state index contributed by atoms with van der Waals surface area (Å²) in [4.78, 5) is 11.2. The van der Waals surface area contributed by atoms with E-state index in [1.165, 1.54) is 11.1 Å². The van der Waals surface area contributed by atoms with Crippen LogP contribution in [-0.2, 0) is 24.9 Å². The van der Waals surface area contributed by atoms with Crippen LogP contribution in [0.15, 0.2) is 39.9 Å². The SMILES string of the molecule is CN=C(NCc1ncc(C(C)(C)C)o1)NCC(C)N1CCc2ccccc2C1.I. The second-order valence-corrected chi connectivity index (χ2v) is 8.51. The van der Waals surface area contributed by atoms with Gasteiger partial charge in [0.1, 0.15) is 5.76 Å². The summed E-state index contributed by atoms with van der Waals surface area (Å²) in [6, 6.07) is 9.17. The van der Waals surface area contributed by atoms with Crippen LogP contribution in [0.4, 0.5) is 0 Å². The number of aromatic nitrogens is 1. The van der Waals surface area contributed by atoms with E-state index >= 15 is 0 Å². The quantitative estimate of drug-likeness (QED) is 0.364. The van der Waals surface area contributed by atoms with Gasteiger partial charge >= 0.3 is 0 Å². The molecule has 29 heavy (non-hydrogen) atoms. The van der Waals surface area contributed by atoms with Gasteiger partial charge in [-0.15, -0.1) is 24.0 Å². The third kappa shape index (κ3) is 6.44. The van der Waals surface area contributed by atoms with Crippen LogP contribution in [0.2, 0.25) is 0 Å². The lowest BCUT2D eigenvalue weighted by molar-refractivity contribution is 0.191. The average Bonchev–Trinajstić information content (AvgIpc) is 3.17. The van der Waals surface area contributed by atoms with Crippen LogP contribution in [0.1, 0.15) is 50.5 Å². The van der Waals surface area contributed by atoms with Crippen molar-refractivity contribution in [2.24, 2.45) is 4.99 Å². The monoisotopic (exact) mass is 511 g/mol. The Bertz CT molecular complexity index is 812. The van der Waals surface area contributed by atoms with Crippen molar-refractivity contribution in [2.75, 3.05) is 20.1 Å². The molecule has 1 aromatic carbocycles. The normalized spacial score (nSPS) is 16.0. The van der Waals surface area contributed by atoms with E-state index in [4.69, 9.17) is 4.42 Å². The predicted octanol–water partition coefficient (Wildman–Crippen LogP) is 3.70. The second-order valence-electron chi connectivity index (χ2n) is 8.51. The molecule has 0 fully saturated rings. The zero-order valence-electron chi connectivity index (χ0n) is 18.2. The second kappa shape index (κ2) is 10.4. The summed E-state index contributed by atoms with van der Waals surface area (Å²) in [5.41, 5.74) is 2.90. The van der Waals surface area contributed by atoms with Gasteiger partial charge in [0.25, 0.3) is 0 Å². The highest BCUT2D eigenvalue weighted by molar-refractivity contribution is 14.0. The average molecular weight is 511 g/mol. The number of aliphatic imine (C=N–C) groups is 1. The molecule has 0 spiro atoms. The third-order valence-electron chi connectivity index (χ3n) is 5.27. The number of guanidine groups is 1. The van der Waals surface area contributed by atoms with Crippen LogP contribution >= 0.6 is 24.0 Å². The number of nitrogens with one attached hydrogen (secondary N) is 2. The maximum Gasteiger partial charge on any atom is 0.213 e. The van der Waals surface area contributed by atoms with Gasteiger partial charge in [-0.1, -0.05) is 45.0 Å². The molecule has 0 aliphatic carbocycles. The Morgan fingerprint density at radius 1 is 1.24 bits per heavy atom. The minimum atomic E-state index is -0.0341. The first-order valence-electron chi connectivity index (χ1n) is 10.1. The maximum atomic E-state index is 5.83. The fourth-order valence-electron chi connectivity index (χ4n) is 3.39. The van der Waals surface area contributed by atoms with E-state index in [2.05, 4.69) is 77.5 Å². The van der Waals surface area contributed by atoms with E-state index in [9.17, 15) is 0 Å². The van der Waals surface area contributed by atoms with Crippen molar-refractivity contribution in [3.8, 4) is 0 Å². The summed E-state index contributed by atoms with van der Waals surface area (Å²) in [5.74, 6) is 2.33. The molecular formula is C22H34IN5O. The van der Waals surface area contributed by atoms with Crippen molar-refractivity contribution < 1.29 is 4.42 Å². The van der Waals surface area contributed by atoms with Gasteiger partial charge in [0, 0.05) is 38.1 Å². The number of hydrogen-bond donors (Lipinski definition) is 2. The minimum absolute atomic E-state index is 0. The molecule has 1 aromatic heterocycles. The molecule has 0 saturated heterocycles. The lowest BCUT2D eigenvalue weighted by Gasteiger charge is -2.34. The molecule has 7 heteroatoms. The maximum absolute atomic E-state index is 5.83. The molecule has 2 N–H and O–H groups in total. The Morgan fingerprint density at radius 3 is 2.62 bits per heavy atom. The highest BCUT2D eigenvalue weighted by atomic mass is 127. The summed E-state index contributed by atoms with van der Waals surface area (Å²) in [5, 5.41) is 6.71. The van der Waals surface area contributed by atoms with Gasteiger partial charge in [-0.3, -0.25) is 9.89 Å². The van der Waals surface area contributed by atoms with Gasteiger partial charge in [-0.25, -0.2) is 4.98 Å². The van der Waals surface area contributed by atoms with Crippen LogP contribution in [0.5, 0.6) is 0 Å². The molecular weight excluding hydrogens is 477 g/mol. The Hall–Kier alpha value is -1.61. The number of rotatable bonds is 5. The first-order valence-corrected chi connectivity index (χ1v) is 10.1. The van der Waals surface area contributed by atoms with Gasteiger partial charge in [0.05, 0.1) is 12.7 Å². The van der Waals surface area contributed by atoms with Crippen molar-refractivity contribution in [1.29, 1.82) is 0 Å². The van der Waals surface area contributed by atoms with Crippen LogP contribution in [0.25, 0.3) is 0 Å². The molecule has 0 bridgehead atoms. The molecule has 0 radical (unpaired) electrons. The summed E-state index contributed by atoms with van der Waals surface area (Å²) in [7, 11) is 1.79. The zero-order valence-corrected chi connectivity index (χ0v) is 20.5. The molecule has 1 aliphatic rings. The lowest BCUT2D eigenvalue weighted by Crippen LogP contribution is -2.47. The first kappa shape index (κ1) is 23.7. The summed E-state index contributed by atoms with van der Waals surface area (Å²) in [6.07, 6.45) is 2.93. The van der Waals surface area contributed by atoms with E-state index < -0.39 is 0 Å². The standard InChI is InChI=1S/C22H33N5O.HI/c1-16(27-11-10-17-8-6-7-9-18(17)15-27)12-25-21(23-5)26-14-20-24-13-19(28-20)22(2,3)4;/h6-9,13,16H,10-12,14-15H2,1-5H3,(H2,23,25,26);1H. The fraction of sp³-hybridized carbons (Fsp3) is 0.545. The molecule has 2 heterocycles. The summed E-state index contributed by atoms with van der Waals surface area (Å²) < 4.78 is 5.83. The van der Waals surface area contributed by atoms with E-state index in [1.807, 2.05) is 6.20 Å². The molecule has 160 valence electrons. The molecule has 1 atom stereocenters. The Kier molecular flexibility index (Phi) is 8.51. The number of benzene rings is 1. The predicted molar refractivity (Wildman–Crippen MR) is 129 cm³/mol. The van der Waals surface area contributed by atoms with Crippen LogP contribution < -0.4 is 10.6 Å². The molecule has 2 aromatic rings. The zero-order chi connectivity index (χ0) is 20.1. The topological polar surface area (TPSA) is 65.7 Å². The number of fused-ring (bicyclic) bond motifs is 1. The van der Waals surface area contributed by atoms with E-state index in [-0.39, 0.29) is 29.4 Å². The molecule has 1 aliphatic heterocycles. The smallest absolute Gasteiger partial charge is 0.213 e. The molecule has 0 amide bonds. The van der Waals surface area contributed by atoms with Gasteiger partial charge in [0.2, 0.25) is 5.89 Å². The molecule has 0 saturated carbocycles. The van der Waals surface area contributed by atoms with Gasteiger partial charge in [-0.05, 0) is 24.5 Å². The highest BCUT2D eigenvalue weighted by Crippen LogP contribution is 2.22. The van der Waals surface area contributed by atoms with Crippen LogP contribution in [0, 0.1) is 0 Å². The van der Waals surface area contributed by atoms with Crippen molar-refractivity contribution in [3.05, 3.63) is 53.2 Å². The first-order chi connectivity index (χ1) is 13.4. The van der Waals surface area contributed by atoms with Gasteiger partial charge in [-0.2, -0.15) is 0 Å². The van der Waals surface area contributed by atoms with E-state index in [0.717, 1.165) is 37.8 Å². The summed E-state index contributed by atoms with van der Waals surface area (Å²) >= 11 is 0. The number of halogens is 1. The fourth-order valence-corrected chi connectivity index (χ4v) is 3.39. The van der Waals surface area contributed by atoms with Crippen molar-refractivity contribution >= 4 is 29.9 Å². The Morgan fingerprint density at radius 2 is 1.97 bits per heavy atom. The molecule has 3 rings (SSSR count). The van der Waals surface area contributed by atoms with E-state index in [0.29, 0.717) is 18.5 Å². The number of oxazole rings is 1. The number of nitrogens with zero attached hydrogens (tertiary/aromatic N) is 3. The highest BCUT2D eigenvalue weighted by Gasteiger charge is 2.21. The number of hydrogen-bond acceptors (Lipinski definition) is 4. The minimum Gasteiger partial charge on any atom is -0.443 e. The third-order valence-corrected chi connectivity index (χ3v) is 5.27. The Labute approximate surface area is 191 Å². The van der Waals surface area contributed by atoms with Crippen molar-refractivity contribution in [3.63, 3.8) is 0 Å². The van der Waals surface area contributed by atoms with E-state index in [1.54, 1.807) is 7.05 Å². The van der Waals surface area contributed by atoms with Crippen molar-refractivity contribution in [1.82, 2.24) is 20.5 Å². The lowest BCUT2D eigenvalue weighted by atomic mass is 9.94. The van der Waals surface area contributed by atoms with Gasteiger partial charge in [0.15, 0.2) is 5.96 Å². The van der Waals surface area contributed by atoms with Crippen LogP contribution in [0.3, 0.4) is 0 Å². The summed E-state index contributed by atoms with van der Waals surface area (Å²) in [6.45, 7) is 12.1. The largest absolute Gasteiger partial charge is 0.443 e. The Balaban J connectivity index is 0.00000300.